The fourth-order valence-corrected chi connectivity index (χ4v) is 2.87. The summed E-state index contributed by atoms with van der Waals surface area (Å²) in [4.78, 5) is 0. The highest BCUT2D eigenvalue weighted by Crippen LogP contribution is 2.28. The maximum Gasteiger partial charge on any atom is 0.126 e. The zero-order valence-electron chi connectivity index (χ0n) is 11.5. The van der Waals surface area contributed by atoms with Gasteiger partial charge in [-0.3, -0.25) is 0 Å². The average Bonchev–Trinajstić information content (AvgIpc) is 2.42. The van der Waals surface area contributed by atoms with Gasteiger partial charge in [0.05, 0.1) is 0 Å². The minimum atomic E-state index is -0.472. The number of hydrogen-bond donors (Lipinski definition) is 1. The van der Waals surface area contributed by atoms with E-state index in [-0.39, 0.29) is 23.8 Å². The minimum Gasteiger partial charge on any atom is -0.310 e. The van der Waals surface area contributed by atoms with Gasteiger partial charge in [0.2, 0.25) is 0 Å². The van der Waals surface area contributed by atoms with Gasteiger partial charge >= 0.3 is 0 Å². The highest BCUT2D eigenvalue weighted by molar-refractivity contribution is 9.10. The summed E-state index contributed by atoms with van der Waals surface area (Å²) in [5.41, 5.74) is 1.10. The second kappa shape index (κ2) is 7.09. The molecule has 112 valence electrons. The van der Waals surface area contributed by atoms with Crippen molar-refractivity contribution in [1.29, 1.82) is 0 Å². The van der Waals surface area contributed by atoms with Crippen molar-refractivity contribution in [1.82, 2.24) is 5.32 Å². The Morgan fingerprint density at radius 3 is 2.38 bits per heavy atom. The van der Waals surface area contributed by atoms with Gasteiger partial charge in [0, 0.05) is 10.5 Å². The Balaban J connectivity index is 2.32. The summed E-state index contributed by atoms with van der Waals surface area (Å²) in [6.07, 6.45) is 0.279. The predicted molar refractivity (Wildman–Crippen MR) is 80.6 cm³/mol. The fraction of sp³-hybridized carbons (Fsp3) is 0.250. The smallest absolute Gasteiger partial charge is 0.126 e. The van der Waals surface area contributed by atoms with Gasteiger partial charge in [0.1, 0.15) is 17.5 Å². The topological polar surface area (TPSA) is 12.0 Å². The van der Waals surface area contributed by atoms with Gasteiger partial charge in [0.25, 0.3) is 0 Å². The van der Waals surface area contributed by atoms with Crippen LogP contribution in [-0.2, 0) is 6.42 Å². The Kier molecular flexibility index (Phi) is 5.42. The number of likely N-dealkylation sites (N-methyl/N-ethyl adjacent to an activating group) is 1. The molecule has 1 nitrogen and oxygen atoms in total. The number of halogens is 4. The number of rotatable bonds is 5. The highest BCUT2D eigenvalue weighted by atomic mass is 79.9. The Labute approximate surface area is 130 Å². The van der Waals surface area contributed by atoms with Crippen molar-refractivity contribution in [2.24, 2.45) is 0 Å². The molecule has 0 spiro atoms. The summed E-state index contributed by atoms with van der Waals surface area (Å²) in [5.74, 6) is -1.27. The van der Waals surface area contributed by atoms with Gasteiger partial charge in [-0.15, -0.1) is 0 Å². The Morgan fingerprint density at radius 1 is 1.05 bits per heavy atom. The van der Waals surface area contributed by atoms with Gasteiger partial charge in [-0.05, 0) is 54.4 Å². The molecular formula is C16H15BrF3N. The quantitative estimate of drug-likeness (QED) is 0.813. The lowest BCUT2D eigenvalue weighted by molar-refractivity contribution is 0.519. The Hall–Kier alpha value is -1.33. The Morgan fingerprint density at radius 2 is 1.71 bits per heavy atom. The molecule has 0 radical (unpaired) electrons. The molecule has 0 bridgehead atoms. The van der Waals surface area contributed by atoms with Gasteiger partial charge < -0.3 is 5.32 Å². The largest absolute Gasteiger partial charge is 0.310 e. The molecular weight excluding hydrogens is 343 g/mol. The third-order valence-corrected chi connectivity index (χ3v) is 3.91. The van der Waals surface area contributed by atoms with Crippen LogP contribution in [0.1, 0.15) is 24.1 Å². The predicted octanol–water partition coefficient (Wildman–Crippen LogP) is 4.76. The van der Waals surface area contributed by atoms with Crippen LogP contribution in [0.5, 0.6) is 0 Å². The van der Waals surface area contributed by atoms with Gasteiger partial charge in [-0.2, -0.15) is 0 Å². The molecule has 0 saturated heterocycles. The second-order valence-corrected chi connectivity index (χ2v) is 5.57. The molecule has 2 rings (SSSR count). The maximum atomic E-state index is 13.8. The van der Waals surface area contributed by atoms with Crippen LogP contribution >= 0.6 is 15.9 Å². The molecule has 5 heteroatoms. The monoisotopic (exact) mass is 357 g/mol. The molecule has 1 N–H and O–H groups in total. The van der Waals surface area contributed by atoms with Crippen LogP contribution in [0, 0.1) is 17.5 Å². The SMILES string of the molecule is CCNC(Cc1cc(F)ccc1F)c1ccc(F)cc1Br. The van der Waals surface area contributed by atoms with Crippen LogP contribution in [0.15, 0.2) is 40.9 Å². The first-order chi connectivity index (χ1) is 10.0. The van der Waals surface area contributed by atoms with E-state index in [4.69, 9.17) is 0 Å². The summed E-state index contributed by atoms with van der Waals surface area (Å²) in [6, 6.07) is 7.53. The van der Waals surface area contributed by atoms with Crippen LogP contribution in [-0.4, -0.2) is 6.54 Å². The molecule has 0 aliphatic carbocycles. The number of nitrogens with one attached hydrogen (secondary N) is 1. The highest BCUT2D eigenvalue weighted by Gasteiger charge is 2.17. The van der Waals surface area contributed by atoms with Crippen molar-refractivity contribution in [2.75, 3.05) is 6.54 Å². The standard InChI is InChI=1S/C16H15BrF3N/c1-2-21-16(13-5-3-12(19)9-14(13)17)8-10-7-11(18)4-6-15(10)20/h3-7,9,16,21H,2,8H2,1H3. The van der Waals surface area contributed by atoms with Crippen molar-refractivity contribution >= 4 is 15.9 Å². The van der Waals surface area contributed by atoms with Crippen LogP contribution in [0.25, 0.3) is 0 Å². The first-order valence-corrected chi connectivity index (χ1v) is 7.42. The minimum absolute atomic E-state index is 0.235. The van der Waals surface area contributed by atoms with E-state index < -0.39 is 11.6 Å². The van der Waals surface area contributed by atoms with Crippen LogP contribution in [0.4, 0.5) is 13.2 Å². The van der Waals surface area contributed by atoms with Crippen molar-refractivity contribution in [3.05, 3.63) is 69.4 Å². The first kappa shape index (κ1) is 16.0. The lowest BCUT2D eigenvalue weighted by atomic mass is 9.98. The van der Waals surface area contributed by atoms with E-state index in [1.807, 2.05) is 6.92 Å². The van der Waals surface area contributed by atoms with E-state index in [0.717, 1.165) is 17.7 Å². The van der Waals surface area contributed by atoms with E-state index in [2.05, 4.69) is 21.2 Å². The molecule has 0 amide bonds. The lowest BCUT2D eigenvalue weighted by Gasteiger charge is -2.20. The van der Waals surface area contributed by atoms with Crippen LogP contribution in [0.2, 0.25) is 0 Å². The summed E-state index contributed by atoms with van der Waals surface area (Å²) >= 11 is 3.32. The zero-order chi connectivity index (χ0) is 15.4. The van der Waals surface area contributed by atoms with E-state index in [1.54, 1.807) is 6.07 Å². The molecule has 0 aromatic heterocycles. The molecule has 1 unspecified atom stereocenters. The normalized spacial score (nSPS) is 12.4. The lowest BCUT2D eigenvalue weighted by Crippen LogP contribution is -2.23. The Bertz CT molecular complexity index is 631. The fourth-order valence-electron chi connectivity index (χ4n) is 2.24. The molecule has 2 aromatic carbocycles. The van der Waals surface area contributed by atoms with Gasteiger partial charge in [-0.25, -0.2) is 13.2 Å². The van der Waals surface area contributed by atoms with Crippen molar-refractivity contribution < 1.29 is 13.2 Å². The molecule has 2 aromatic rings. The number of benzene rings is 2. The third-order valence-electron chi connectivity index (χ3n) is 3.22. The third kappa shape index (κ3) is 4.08. The van der Waals surface area contributed by atoms with Gasteiger partial charge in [0.15, 0.2) is 0 Å². The molecule has 0 aliphatic heterocycles. The zero-order valence-corrected chi connectivity index (χ0v) is 13.1. The van der Waals surface area contributed by atoms with E-state index in [9.17, 15) is 13.2 Å². The van der Waals surface area contributed by atoms with Crippen LogP contribution < -0.4 is 5.32 Å². The molecule has 0 heterocycles. The molecule has 0 saturated carbocycles. The maximum absolute atomic E-state index is 13.8. The van der Waals surface area contributed by atoms with Crippen molar-refractivity contribution in [3.63, 3.8) is 0 Å². The van der Waals surface area contributed by atoms with E-state index in [1.165, 1.54) is 18.2 Å². The molecule has 0 aliphatic rings. The van der Waals surface area contributed by atoms with Crippen LogP contribution in [0.3, 0.4) is 0 Å². The molecule has 1 atom stereocenters. The summed E-state index contributed by atoms with van der Waals surface area (Å²) < 4.78 is 40.8. The van der Waals surface area contributed by atoms with Crippen molar-refractivity contribution in [2.45, 2.75) is 19.4 Å². The summed E-state index contributed by atoms with van der Waals surface area (Å²) in [6.45, 7) is 2.58. The van der Waals surface area contributed by atoms with E-state index in [0.29, 0.717) is 11.0 Å². The van der Waals surface area contributed by atoms with Gasteiger partial charge in [-0.1, -0.05) is 28.9 Å². The molecule has 0 fully saturated rings. The molecule has 21 heavy (non-hydrogen) atoms. The van der Waals surface area contributed by atoms with E-state index >= 15 is 0 Å². The average molecular weight is 358 g/mol. The summed E-state index contributed by atoms with van der Waals surface area (Å²) in [7, 11) is 0. The summed E-state index contributed by atoms with van der Waals surface area (Å²) in [5, 5.41) is 3.21. The first-order valence-electron chi connectivity index (χ1n) is 6.63. The number of hydrogen-bond acceptors (Lipinski definition) is 1. The second-order valence-electron chi connectivity index (χ2n) is 4.72. The van der Waals surface area contributed by atoms with Crippen molar-refractivity contribution in [3.8, 4) is 0 Å².